The lowest BCUT2D eigenvalue weighted by molar-refractivity contribution is 0.0871. The van der Waals surface area contributed by atoms with Gasteiger partial charge in [-0.3, -0.25) is 9.69 Å². The van der Waals surface area contributed by atoms with Gasteiger partial charge in [-0.1, -0.05) is 94.1 Å². The van der Waals surface area contributed by atoms with Gasteiger partial charge in [-0.2, -0.15) is 0 Å². The van der Waals surface area contributed by atoms with E-state index in [2.05, 4.69) is 84.3 Å². The molecule has 3 aromatic carbocycles. The van der Waals surface area contributed by atoms with E-state index in [-0.39, 0.29) is 5.41 Å². The summed E-state index contributed by atoms with van der Waals surface area (Å²) in [6.07, 6.45) is 7.59. The van der Waals surface area contributed by atoms with Gasteiger partial charge in [0.2, 0.25) is 0 Å². The fourth-order valence-corrected chi connectivity index (χ4v) is 6.43. The molecule has 0 unspecified atom stereocenters. The molecule has 5 rings (SSSR count). The Labute approximate surface area is 211 Å². The summed E-state index contributed by atoms with van der Waals surface area (Å²) in [4.78, 5) is 19.1. The molecule has 0 atom stereocenters. The summed E-state index contributed by atoms with van der Waals surface area (Å²) in [7, 11) is 0. The molecule has 1 aliphatic carbocycles. The van der Waals surface area contributed by atoms with E-state index < -0.39 is 0 Å². The minimum Gasteiger partial charge on any atom is -0.370 e. The van der Waals surface area contributed by atoms with Crippen molar-refractivity contribution in [3.05, 3.63) is 77.4 Å². The number of rotatable bonds is 9. The molecule has 1 saturated heterocycles. The van der Waals surface area contributed by atoms with Gasteiger partial charge >= 0.3 is 0 Å². The maximum absolute atomic E-state index is 14.0. The van der Waals surface area contributed by atoms with Crippen molar-refractivity contribution < 1.29 is 4.79 Å². The van der Waals surface area contributed by atoms with E-state index >= 15 is 0 Å². The first-order valence-electron chi connectivity index (χ1n) is 13.8. The number of anilines is 1. The van der Waals surface area contributed by atoms with Gasteiger partial charge in [0.05, 0.1) is 5.41 Å². The van der Waals surface area contributed by atoms with Gasteiger partial charge < -0.3 is 4.90 Å². The molecule has 3 nitrogen and oxygen atoms in total. The summed E-state index contributed by atoms with van der Waals surface area (Å²) in [5, 5.41) is 2.52. The zero-order valence-corrected chi connectivity index (χ0v) is 21.6. The highest BCUT2D eigenvalue weighted by Gasteiger charge is 2.46. The zero-order valence-electron chi connectivity index (χ0n) is 21.6. The number of carbonyl (C=O) groups excluding carboxylic acids is 1. The van der Waals surface area contributed by atoms with Crippen LogP contribution in [0.3, 0.4) is 0 Å². The summed E-state index contributed by atoms with van der Waals surface area (Å²) < 4.78 is 0. The fraction of sp³-hybridized carbons (Fsp3) is 0.469. The first-order chi connectivity index (χ1) is 17.2. The number of ketones is 1. The summed E-state index contributed by atoms with van der Waals surface area (Å²) >= 11 is 0. The number of benzene rings is 3. The van der Waals surface area contributed by atoms with Crippen LogP contribution in [-0.4, -0.2) is 36.9 Å². The molecule has 0 aromatic heterocycles. The first-order valence-corrected chi connectivity index (χ1v) is 13.8. The lowest BCUT2D eigenvalue weighted by atomic mass is 9.72. The number of nitrogens with zero attached hydrogens (tertiary/aromatic N) is 2. The average molecular weight is 469 g/mol. The van der Waals surface area contributed by atoms with Crippen LogP contribution < -0.4 is 4.90 Å². The molecule has 1 aliphatic heterocycles. The maximum atomic E-state index is 14.0. The van der Waals surface area contributed by atoms with E-state index in [0.717, 1.165) is 83.2 Å². The van der Waals surface area contributed by atoms with Crippen molar-refractivity contribution in [3.8, 4) is 0 Å². The van der Waals surface area contributed by atoms with Gasteiger partial charge in [-0.05, 0) is 41.8 Å². The number of Topliss-reactive ketones (excluding diaryl/α,β-unsaturated/α-hetero) is 1. The van der Waals surface area contributed by atoms with Crippen molar-refractivity contribution in [3.63, 3.8) is 0 Å². The summed E-state index contributed by atoms with van der Waals surface area (Å²) in [6, 6.07) is 21.9. The Kier molecular flexibility index (Phi) is 7.24. The Morgan fingerprint density at radius 3 is 2.31 bits per heavy atom. The first kappa shape index (κ1) is 24.1. The van der Waals surface area contributed by atoms with Crippen LogP contribution in [0.1, 0.15) is 80.3 Å². The number of unbranched alkanes of at least 4 members (excludes halogenated alkanes) is 2. The van der Waals surface area contributed by atoms with Crippen LogP contribution in [0.5, 0.6) is 0 Å². The van der Waals surface area contributed by atoms with Crippen LogP contribution in [0.4, 0.5) is 5.69 Å². The van der Waals surface area contributed by atoms with E-state index in [9.17, 15) is 4.79 Å². The fourth-order valence-electron chi connectivity index (χ4n) is 6.43. The molecule has 0 radical (unpaired) electrons. The third-order valence-electron chi connectivity index (χ3n) is 8.30. The monoisotopic (exact) mass is 468 g/mol. The second kappa shape index (κ2) is 10.5. The molecular formula is C32H40N2O. The lowest BCUT2D eigenvalue weighted by Crippen LogP contribution is -2.32. The van der Waals surface area contributed by atoms with Gasteiger partial charge in [0.1, 0.15) is 0 Å². The summed E-state index contributed by atoms with van der Waals surface area (Å²) in [5.74, 6) is 0.377. The minimum atomic E-state index is -0.322. The van der Waals surface area contributed by atoms with Crippen LogP contribution in [0.2, 0.25) is 0 Å². The second-order valence-electron chi connectivity index (χ2n) is 10.6. The Balaban J connectivity index is 1.45. The Hall–Kier alpha value is -2.65. The van der Waals surface area contributed by atoms with E-state index in [1.165, 1.54) is 27.6 Å². The predicted molar refractivity (Wildman–Crippen MR) is 148 cm³/mol. The smallest absolute Gasteiger partial charge is 0.174 e. The normalized spacial score (nSPS) is 17.8. The van der Waals surface area contributed by atoms with Crippen molar-refractivity contribution >= 4 is 22.2 Å². The maximum Gasteiger partial charge on any atom is 0.174 e. The highest BCUT2D eigenvalue weighted by molar-refractivity contribution is 6.22. The Morgan fingerprint density at radius 2 is 1.57 bits per heavy atom. The lowest BCUT2D eigenvalue weighted by Gasteiger charge is -2.30. The molecule has 0 spiro atoms. The minimum absolute atomic E-state index is 0.322. The highest BCUT2D eigenvalue weighted by Crippen LogP contribution is 2.50. The molecule has 0 saturated carbocycles. The molecule has 3 aromatic rings. The third kappa shape index (κ3) is 4.51. The molecule has 3 heteroatoms. The quantitative estimate of drug-likeness (QED) is 0.328. The van der Waals surface area contributed by atoms with Crippen molar-refractivity contribution in [1.29, 1.82) is 0 Å². The number of carbonyl (C=O) groups is 1. The van der Waals surface area contributed by atoms with Crippen molar-refractivity contribution in [2.24, 2.45) is 0 Å². The Bertz CT molecular complexity index is 1160. The van der Waals surface area contributed by atoms with Crippen LogP contribution in [0.15, 0.2) is 60.7 Å². The molecule has 184 valence electrons. The molecule has 35 heavy (non-hydrogen) atoms. The average Bonchev–Trinajstić information content (AvgIpc) is 3.01. The van der Waals surface area contributed by atoms with Crippen LogP contribution in [0, 0.1) is 0 Å². The Morgan fingerprint density at radius 1 is 0.800 bits per heavy atom. The van der Waals surface area contributed by atoms with Crippen LogP contribution in [-0.2, 0) is 12.0 Å². The molecule has 0 bridgehead atoms. The molecule has 1 fully saturated rings. The van der Waals surface area contributed by atoms with Crippen LogP contribution >= 0.6 is 0 Å². The molecule has 2 aliphatic rings. The molecule has 1 heterocycles. The van der Waals surface area contributed by atoms with E-state index in [1.807, 2.05) is 0 Å². The predicted octanol–water partition coefficient (Wildman–Crippen LogP) is 7.37. The van der Waals surface area contributed by atoms with Gasteiger partial charge in [0.25, 0.3) is 0 Å². The number of hydrogen-bond donors (Lipinski definition) is 0. The topological polar surface area (TPSA) is 23.6 Å². The van der Waals surface area contributed by atoms with E-state index in [1.54, 1.807) is 0 Å². The number of hydrogen-bond acceptors (Lipinski definition) is 3. The zero-order chi connectivity index (χ0) is 24.3. The second-order valence-corrected chi connectivity index (χ2v) is 10.6. The molecular weight excluding hydrogens is 428 g/mol. The standard InChI is InChI=1S/C32H40N2O/c1-3-5-18-32(19-6-4-2)28-16-17-29(26-14-10-15-27(30(26)28)31(32)35)34-21-11-20-33(22-23-34)24-25-12-8-7-9-13-25/h7-10,12-17H,3-6,11,18-24H2,1-2H3. The highest BCUT2D eigenvalue weighted by atomic mass is 16.1. The third-order valence-corrected chi connectivity index (χ3v) is 8.30. The van der Waals surface area contributed by atoms with Gasteiger partial charge in [-0.15, -0.1) is 0 Å². The van der Waals surface area contributed by atoms with Gasteiger partial charge in [0, 0.05) is 49.4 Å². The van der Waals surface area contributed by atoms with Crippen molar-refractivity contribution in [2.75, 3.05) is 31.1 Å². The SMILES string of the molecule is CCCCC1(CCCC)C(=O)c2cccc3c(N4CCCN(Cc5ccccc5)CC4)ccc1c23. The van der Waals surface area contributed by atoms with Crippen molar-refractivity contribution in [1.82, 2.24) is 4.90 Å². The summed E-state index contributed by atoms with van der Waals surface area (Å²) in [5.41, 5.74) is 4.64. The van der Waals surface area contributed by atoms with Gasteiger partial charge in [-0.25, -0.2) is 0 Å². The van der Waals surface area contributed by atoms with Gasteiger partial charge in [0.15, 0.2) is 5.78 Å². The van der Waals surface area contributed by atoms with E-state index in [4.69, 9.17) is 0 Å². The molecule has 0 amide bonds. The van der Waals surface area contributed by atoms with Crippen LogP contribution in [0.25, 0.3) is 10.8 Å². The largest absolute Gasteiger partial charge is 0.370 e. The van der Waals surface area contributed by atoms with E-state index in [0.29, 0.717) is 5.78 Å². The van der Waals surface area contributed by atoms with Crippen molar-refractivity contribution in [2.45, 2.75) is 70.8 Å². The molecule has 0 N–H and O–H groups in total. The summed E-state index contributed by atoms with van der Waals surface area (Å²) in [6.45, 7) is 9.77.